The molecule has 0 heterocycles. The number of allylic oxidation sites excluding steroid dienone is 2. The van der Waals surface area contributed by atoms with Crippen molar-refractivity contribution in [3.05, 3.63) is 70.3 Å². The van der Waals surface area contributed by atoms with Crippen molar-refractivity contribution >= 4 is 17.1 Å². The Morgan fingerprint density at radius 1 is 0.952 bits per heavy atom. The van der Waals surface area contributed by atoms with E-state index in [1.165, 1.54) is 12.1 Å². The molecule has 3 rings (SSSR count). The van der Waals surface area contributed by atoms with Gasteiger partial charge in [0.1, 0.15) is 5.75 Å². The highest BCUT2D eigenvalue weighted by molar-refractivity contribution is 6.39. The lowest BCUT2D eigenvalue weighted by atomic mass is 9.85. The number of rotatable bonds is 1. The van der Waals surface area contributed by atoms with Gasteiger partial charge in [-0.3, -0.25) is 9.59 Å². The molecule has 0 aromatic heterocycles. The number of fused-ring (bicyclic) bond motifs is 1. The van der Waals surface area contributed by atoms with Gasteiger partial charge in [0.05, 0.1) is 5.56 Å². The van der Waals surface area contributed by atoms with Gasteiger partial charge in [-0.15, -0.1) is 0 Å². The number of ketones is 2. The number of aromatic hydroxyl groups is 1. The maximum absolute atomic E-state index is 12.6. The zero-order valence-corrected chi connectivity index (χ0v) is 11.8. The largest absolute Gasteiger partial charge is 0.507 e. The van der Waals surface area contributed by atoms with Crippen LogP contribution in [0.15, 0.2) is 42.5 Å². The summed E-state index contributed by atoms with van der Waals surface area (Å²) in [7, 11) is 0. The lowest BCUT2D eigenvalue weighted by molar-refractivity contribution is 0.0999. The molecule has 0 saturated heterocycles. The lowest BCUT2D eigenvalue weighted by Gasteiger charge is -2.16. The summed E-state index contributed by atoms with van der Waals surface area (Å²) in [5.74, 6) is -0.719. The fourth-order valence-electron chi connectivity index (χ4n) is 2.75. The van der Waals surface area contributed by atoms with E-state index in [2.05, 4.69) is 0 Å². The van der Waals surface area contributed by atoms with Crippen LogP contribution in [0.25, 0.3) is 5.57 Å². The number of phenolic OH excluding ortho intramolecular Hbond substituents is 1. The Morgan fingerprint density at radius 3 is 2.29 bits per heavy atom. The number of carbonyl (C=O) groups is 2. The highest BCUT2D eigenvalue weighted by atomic mass is 16.3. The van der Waals surface area contributed by atoms with Gasteiger partial charge in [-0.1, -0.05) is 41.5 Å². The summed E-state index contributed by atoms with van der Waals surface area (Å²) in [5.41, 5.74) is 3.54. The lowest BCUT2D eigenvalue weighted by Crippen LogP contribution is -2.16. The second kappa shape index (κ2) is 4.70. The summed E-state index contributed by atoms with van der Waals surface area (Å²) in [6.45, 7) is 3.90. The number of benzene rings is 2. The van der Waals surface area contributed by atoms with Crippen LogP contribution in [0.2, 0.25) is 0 Å². The fourth-order valence-corrected chi connectivity index (χ4v) is 2.75. The van der Waals surface area contributed by atoms with Gasteiger partial charge in [0, 0.05) is 11.1 Å². The van der Waals surface area contributed by atoms with Crippen LogP contribution in [0.4, 0.5) is 0 Å². The van der Waals surface area contributed by atoms with Crippen molar-refractivity contribution in [3.8, 4) is 5.75 Å². The third kappa shape index (κ3) is 2.17. The molecule has 0 atom stereocenters. The van der Waals surface area contributed by atoms with E-state index in [0.717, 1.165) is 16.7 Å². The summed E-state index contributed by atoms with van der Waals surface area (Å²) in [4.78, 5) is 24.8. The van der Waals surface area contributed by atoms with Crippen LogP contribution in [0.1, 0.15) is 37.4 Å². The SMILES string of the molecule is Cc1cc(C)cc(C2=CC(=O)c3c(O)cccc3C2=O)c1. The molecule has 0 radical (unpaired) electrons. The molecule has 0 unspecified atom stereocenters. The minimum absolute atomic E-state index is 0.0932. The minimum atomic E-state index is -0.336. The highest BCUT2D eigenvalue weighted by Crippen LogP contribution is 2.32. The van der Waals surface area contributed by atoms with E-state index in [1.54, 1.807) is 12.1 Å². The van der Waals surface area contributed by atoms with Crippen molar-refractivity contribution < 1.29 is 14.7 Å². The van der Waals surface area contributed by atoms with Crippen LogP contribution >= 0.6 is 0 Å². The van der Waals surface area contributed by atoms with Gasteiger partial charge in [-0.05, 0) is 31.6 Å². The molecule has 1 aliphatic rings. The number of hydrogen-bond acceptors (Lipinski definition) is 3. The van der Waals surface area contributed by atoms with Crippen LogP contribution in [0.5, 0.6) is 5.75 Å². The van der Waals surface area contributed by atoms with Gasteiger partial charge in [0.15, 0.2) is 11.6 Å². The first-order valence-corrected chi connectivity index (χ1v) is 6.69. The fraction of sp³-hybridized carbons (Fsp3) is 0.111. The highest BCUT2D eigenvalue weighted by Gasteiger charge is 2.28. The first-order chi connectivity index (χ1) is 9.97. The van der Waals surface area contributed by atoms with Crippen molar-refractivity contribution in [3.63, 3.8) is 0 Å². The summed E-state index contributed by atoms with van der Waals surface area (Å²) >= 11 is 0. The van der Waals surface area contributed by atoms with Crippen molar-refractivity contribution in [2.24, 2.45) is 0 Å². The molecule has 1 aliphatic carbocycles. The van der Waals surface area contributed by atoms with Crippen LogP contribution in [0, 0.1) is 13.8 Å². The zero-order valence-electron chi connectivity index (χ0n) is 11.8. The average molecular weight is 278 g/mol. The summed E-state index contributed by atoms with van der Waals surface area (Å²) in [6.07, 6.45) is 1.32. The van der Waals surface area contributed by atoms with Gasteiger partial charge in [-0.2, -0.15) is 0 Å². The van der Waals surface area contributed by atoms with Crippen molar-refractivity contribution in [1.29, 1.82) is 0 Å². The third-order valence-electron chi connectivity index (χ3n) is 3.59. The van der Waals surface area contributed by atoms with Gasteiger partial charge in [0.25, 0.3) is 0 Å². The van der Waals surface area contributed by atoms with Crippen LogP contribution < -0.4 is 0 Å². The van der Waals surface area contributed by atoms with Crippen LogP contribution in [-0.4, -0.2) is 16.7 Å². The predicted molar refractivity (Wildman–Crippen MR) is 80.7 cm³/mol. The first-order valence-electron chi connectivity index (χ1n) is 6.69. The average Bonchev–Trinajstić information content (AvgIpc) is 2.41. The van der Waals surface area contributed by atoms with Crippen LogP contribution in [-0.2, 0) is 0 Å². The maximum Gasteiger partial charge on any atom is 0.194 e. The Hall–Kier alpha value is -2.68. The van der Waals surface area contributed by atoms with Gasteiger partial charge in [-0.25, -0.2) is 0 Å². The van der Waals surface area contributed by atoms with Gasteiger partial charge in [0.2, 0.25) is 0 Å². The van der Waals surface area contributed by atoms with E-state index in [1.807, 2.05) is 32.0 Å². The Bertz CT molecular complexity index is 793. The predicted octanol–water partition coefficient (Wildman–Crippen LogP) is 3.47. The van der Waals surface area contributed by atoms with E-state index in [9.17, 15) is 14.7 Å². The summed E-state index contributed by atoms with van der Waals surface area (Å²) in [6, 6.07) is 10.4. The maximum atomic E-state index is 12.6. The number of carbonyl (C=O) groups excluding carboxylic acids is 2. The molecule has 2 aromatic carbocycles. The molecular formula is C18H14O3. The summed E-state index contributed by atoms with van der Waals surface area (Å²) in [5, 5.41) is 9.79. The molecule has 3 nitrogen and oxygen atoms in total. The Kier molecular flexibility index (Phi) is 2.98. The minimum Gasteiger partial charge on any atom is -0.507 e. The molecule has 0 spiro atoms. The first kappa shape index (κ1) is 13.3. The molecule has 2 aromatic rings. The molecule has 104 valence electrons. The number of Topliss-reactive ketones (excluding diaryl/α,β-unsaturated/α-hetero) is 1. The number of hydrogen-bond donors (Lipinski definition) is 1. The smallest absolute Gasteiger partial charge is 0.194 e. The second-order valence-electron chi connectivity index (χ2n) is 5.33. The molecule has 0 fully saturated rings. The summed E-state index contributed by atoms with van der Waals surface area (Å²) < 4.78 is 0. The monoisotopic (exact) mass is 278 g/mol. The molecule has 0 saturated carbocycles. The van der Waals surface area contributed by atoms with E-state index >= 15 is 0 Å². The van der Waals surface area contributed by atoms with E-state index in [4.69, 9.17) is 0 Å². The second-order valence-corrected chi connectivity index (χ2v) is 5.33. The number of aryl methyl sites for hydroxylation is 2. The molecule has 0 aliphatic heterocycles. The Balaban J connectivity index is 2.19. The third-order valence-corrected chi connectivity index (χ3v) is 3.59. The molecule has 0 bridgehead atoms. The van der Waals surface area contributed by atoms with Gasteiger partial charge < -0.3 is 5.11 Å². The molecule has 3 heteroatoms. The topological polar surface area (TPSA) is 54.4 Å². The van der Waals surface area contributed by atoms with E-state index in [-0.39, 0.29) is 28.4 Å². The standard InChI is InChI=1S/C18H14O3/c1-10-6-11(2)8-12(7-10)14-9-16(20)17-13(18(14)21)4-3-5-15(17)19/h3-9,19H,1-2H3. The molecule has 0 amide bonds. The van der Waals surface area contributed by atoms with Crippen molar-refractivity contribution in [2.75, 3.05) is 0 Å². The molecule has 21 heavy (non-hydrogen) atoms. The van der Waals surface area contributed by atoms with Gasteiger partial charge >= 0.3 is 0 Å². The Morgan fingerprint density at radius 2 is 1.62 bits per heavy atom. The normalized spacial score (nSPS) is 13.9. The molecular weight excluding hydrogens is 264 g/mol. The zero-order chi connectivity index (χ0) is 15.1. The van der Waals surface area contributed by atoms with E-state index < -0.39 is 0 Å². The molecule has 1 N–H and O–H groups in total. The van der Waals surface area contributed by atoms with Crippen molar-refractivity contribution in [2.45, 2.75) is 13.8 Å². The van der Waals surface area contributed by atoms with E-state index in [0.29, 0.717) is 5.57 Å². The number of phenols is 1. The quantitative estimate of drug-likeness (QED) is 0.869. The van der Waals surface area contributed by atoms with Crippen molar-refractivity contribution in [1.82, 2.24) is 0 Å². The van der Waals surface area contributed by atoms with Crippen LogP contribution in [0.3, 0.4) is 0 Å². The Labute approximate surface area is 122 Å².